The first-order valence-corrected chi connectivity index (χ1v) is 9.00. The number of amides is 1. The highest BCUT2D eigenvalue weighted by molar-refractivity contribution is 7.20. The van der Waals surface area contributed by atoms with Gasteiger partial charge in [-0.25, -0.2) is 4.98 Å². The van der Waals surface area contributed by atoms with E-state index in [1.807, 2.05) is 17.5 Å². The second-order valence-electron chi connectivity index (χ2n) is 5.16. The molecule has 10 heteroatoms. The van der Waals surface area contributed by atoms with Crippen molar-refractivity contribution in [3.63, 3.8) is 0 Å². The molecular weight excluding hydrogens is 373 g/mol. The molecule has 0 fully saturated rings. The minimum Gasteiger partial charge on any atom is -0.349 e. The van der Waals surface area contributed by atoms with Gasteiger partial charge in [0.1, 0.15) is 10.7 Å². The van der Waals surface area contributed by atoms with E-state index in [4.69, 9.17) is 0 Å². The topological polar surface area (TPSA) is 59.8 Å². The van der Waals surface area contributed by atoms with Gasteiger partial charge in [-0.2, -0.15) is 18.3 Å². The third-order valence-electron chi connectivity index (χ3n) is 3.35. The van der Waals surface area contributed by atoms with E-state index in [0.29, 0.717) is 11.4 Å². The van der Waals surface area contributed by atoms with E-state index in [-0.39, 0.29) is 19.0 Å². The number of hydrogen-bond acceptors (Lipinski definition) is 5. The third kappa shape index (κ3) is 4.07. The smallest absolute Gasteiger partial charge is 0.349 e. The van der Waals surface area contributed by atoms with Crippen molar-refractivity contribution in [2.75, 3.05) is 6.54 Å². The summed E-state index contributed by atoms with van der Waals surface area (Å²) in [6.45, 7) is 1.85. The summed E-state index contributed by atoms with van der Waals surface area (Å²) in [4.78, 5) is 17.4. The molecule has 1 amide bonds. The number of nitrogens with zero attached hydrogens (tertiary/aromatic N) is 3. The number of nitrogens with one attached hydrogen (secondary N) is 1. The number of aryl methyl sites for hydroxylation is 1. The molecule has 0 aliphatic carbocycles. The summed E-state index contributed by atoms with van der Waals surface area (Å²) in [7, 11) is 0. The van der Waals surface area contributed by atoms with E-state index in [1.165, 1.54) is 34.3 Å². The van der Waals surface area contributed by atoms with Crippen LogP contribution in [0, 0.1) is 6.92 Å². The molecule has 5 nitrogen and oxygen atoms in total. The van der Waals surface area contributed by atoms with Crippen molar-refractivity contribution in [3.8, 4) is 9.88 Å². The van der Waals surface area contributed by atoms with Gasteiger partial charge in [0.2, 0.25) is 0 Å². The molecule has 132 valence electrons. The van der Waals surface area contributed by atoms with Crippen LogP contribution < -0.4 is 5.32 Å². The molecule has 3 rings (SSSR count). The molecule has 0 saturated heterocycles. The lowest BCUT2D eigenvalue weighted by Crippen LogP contribution is -2.28. The van der Waals surface area contributed by atoms with Gasteiger partial charge in [-0.1, -0.05) is 6.07 Å². The van der Waals surface area contributed by atoms with Gasteiger partial charge >= 0.3 is 6.18 Å². The summed E-state index contributed by atoms with van der Waals surface area (Å²) >= 11 is 2.90. The van der Waals surface area contributed by atoms with Crippen molar-refractivity contribution >= 4 is 28.6 Å². The number of rotatable bonds is 5. The maximum absolute atomic E-state index is 12.6. The Kier molecular flexibility index (Phi) is 4.91. The molecule has 3 aromatic rings. The maximum Gasteiger partial charge on any atom is 0.435 e. The molecule has 3 heterocycles. The van der Waals surface area contributed by atoms with Gasteiger partial charge in [0.25, 0.3) is 5.91 Å². The SMILES string of the molecule is Cc1cc(C(F)(F)F)nn1CCNC(=O)c1csc(-c2cccs2)n1. The van der Waals surface area contributed by atoms with E-state index >= 15 is 0 Å². The lowest BCUT2D eigenvalue weighted by atomic mass is 10.3. The van der Waals surface area contributed by atoms with Gasteiger partial charge in [0, 0.05) is 17.6 Å². The van der Waals surface area contributed by atoms with Crippen molar-refractivity contribution < 1.29 is 18.0 Å². The molecule has 0 saturated carbocycles. The highest BCUT2D eigenvalue weighted by Gasteiger charge is 2.34. The fourth-order valence-electron chi connectivity index (χ4n) is 2.13. The van der Waals surface area contributed by atoms with E-state index < -0.39 is 11.9 Å². The van der Waals surface area contributed by atoms with E-state index in [0.717, 1.165) is 16.0 Å². The molecule has 0 bridgehead atoms. The summed E-state index contributed by atoms with van der Waals surface area (Å²) < 4.78 is 39.1. The highest BCUT2D eigenvalue weighted by Crippen LogP contribution is 2.29. The Morgan fingerprint density at radius 2 is 2.16 bits per heavy atom. The van der Waals surface area contributed by atoms with Crippen LogP contribution in [0.25, 0.3) is 9.88 Å². The number of carbonyl (C=O) groups is 1. The van der Waals surface area contributed by atoms with Crippen molar-refractivity contribution in [2.45, 2.75) is 19.6 Å². The molecule has 0 aliphatic heterocycles. The zero-order chi connectivity index (χ0) is 18.0. The summed E-state index contributed by atoms with van der Waals surface area (Å²) in [5.41, 5.74) is -0.256. The normalized spacial score (nSPS) is 11.7. The van der Waals surface area contributed by atoms with E-state index in [9.17, 15) is 18.0 Å². The van der Waals surface area contributed by atoms with Gasteiger partial charge in [-0.3, -0.25) is 9.48 Å². The monoisotopic (exact) mass is 386 g/mol. The quantitative estimate of drug-likeness (QED) is 0.725. The fourth-order valence-corrected chi connectivity index (χ4v) is 3.75. The summed E-state index contributed by atoms with van der Waals surface area (Å²) in [5, 5.41) is 10.5. The van der Waals surface area contributed by atoms with E-state index in [1.54, 1.807) is 5.38 Å². The van der Waals surface area contributed by atoms with Gasteiger partial charge in [0.15, 0.2) is 5.69 Å². The molecule has 0 radical (unpaired) electrons. The maximum atomic E-state index is 12.6. The number of thiazole rings is 1. The molecule has 0 spiro atoms. The number of aromatic nitrogens is 3. The second kappa shape index (κ2) is 6.96. The number of thiophene rings is 1. The van der Waals surface area contributed by atoms with Crippen LogP contribution in [0.5, 0.6) is 0 Å². The van der Waals surface area contributed by atoms with Gasteiger partial charge in [-0.15, -0.1) is 22.7 Å². The number of alkyl halides is 3. The highest BCUT2D eigenvalue weighted by atomic mass is 32.1. The third-order valence-corrected chi connectivity index (χ3v) is 5.23. The number of halogens is 3. The molecule has 3 aromatic heterocycles. The molecular formula is C15H13F3N4OS2. The Bertz CT molecular complexity index is 868. The Hall–Kier alpha value is -2.20. The second-order valence-corrected chi connectivity index (χ2v) is 6.97. The zero-order valence-electron chi connectivity index (χ0n) is 13.0. The van der Waals surface area contributed by atoms with Gasteiger partial charge in [-0.05, 0) is 24.4 Å². The molecule has 0 atom stereocenters. The van der Waals surface area contributed by atoms with Crippen molar-refractivity contribution in [1.82, 2.24) is 20.1 Å². The van der Waals surface area contributed by atoms with Crippen LogP contribution in [0.1, 0.15) is 21.9 Å². The predicted octanol–water partition coefficient (Wildman–Crippen LogP) is 3.83. The molecule has 1 N–H and O–H groups in total. The fraction of sp³-hybridized carbons (Fsp3) is 0.267. The molecule has 25 heavy (non-hydrogen) atoms. The van der Waals surface area contributed by atoms with Crippen molar-refractivity contribution in [3.05, 3.63) is 46.0 Å². The van der Waals surface area contributed by atoms with Crippen LogP contribution in [0.15, 0.2) is 29.0 Å². The lowest BCUT2D eigenvalue weighted by molar-refractivity contribution is -0.141. The summed E-state index contributed by atoms with van der Waals surface area (Å²) in [5.74, 6) is -0.361. The lowest BCUT2D eigenvalue weighted by Gasteiger charge is -2.06. The Labute approximate surface area is 149 Å². The number of hydrogen-bond donors (Lipinski definition) is 1. The van der Waals surface area contributed by atoms with Crippen LogP contribution >= 0.6 is 22.7 Å². The Morgan fingerprint density at radius 1 is 1.36 bits per heavy atom. The summed E-state index contributed by atoms with van der Waals surface area (Å²) in [6, 6.07) is 4.81. The average molecular weight is 386 g/mol. The standard InChI is InChI=1S/C15H13F3N4OS2/c1-9-7-12(15(16,17)18)21-22(9)5-4-19-13(23)10-8-25-14(20-10)11-3-2-6-24-11/h2-3,6-8H,4-5H2,1H3,(H,19,23). The largest absolute Gasteiger partial charge is 0.435 e. The zero-order valence-corrected chi connectivity index (χ0v) is 14.6. The Balaban J connectivity index is 1.57. The van der Waals surface area contributed by atoms with E-state index in [2.05, 4.69) is 15.4 Å². The minimum atomic E-state index is -4.47. The molecule has 0 aromatic carbocycles. The first kappa shape index (κ1) is 17.6. The Morgan fingerprint density at radius 3 is 2.80 bits per heavy atom. The van der Waals surface area contributed by atoms with Crippen molar-refractivity contribution in [2.24, 2.45) is 0 Å². The van der Waals surface area contributed by atoms with Crippen LogP contribution in [-0.4, -0.2) is 27.2 Å². The molecule has 0 unspecified atom stereocenters. The summed E-state index contributed by atoms with van der Waals surface area (Å²) in [6.07, 6.45) is -4.47. The van der Waals surface area contributed by atoms with Crippen LogP contribution in [0.2, 0.25) is 0 Å². The minimum absolute atomic E-state index is 0.148. The van der Waals surface area contributed by atoms with Gasteiger partial charge in [0.05, 0.1) is 11.4 Å². The average Bonchev–Trinajstić information content (AvgIpc) is 3.26. The first-order chi connectivity index (χ1) is 11.8. The predicted molar refractivity (Wildman–Crippen MR) is 89.7 cm³/mol. The van der Waals surface area contributed by atoms with Gasteiger partial charge < -0.3 is 5.32 Å². The first-order valence-electron chi connectivity index (χ1n) is 7.24. The van der Waals surface area contributed by atoms with Crippen LogP contribution in [0.4, 0.5) is 13.2 Å². The molecule has 0 aliphatic rings. The van der Waals surface area contributed by atoms with Crippen LogP contribution in [0.3, 0.4) is 0 Å². The number of carbonyl (C=O) groups excluding carboxylic acids is 1. The van der Waals surface area contributed by atoms with Crippen molar-refractivity contribution in [1.29, 1.82) is 0 Å². The van der Waals surface area contributed by atoms with Crippen LogP contribution in [-0.2, 0) is 12.7 Å².